The van der Waals surface area contributed by atoms with E-state index in [2.05, 4.69) is 29.6 Å². The predicted molar refractivity (Wildman–Crippen MR) is 108 cm³/mol. The minimum absolute atomic E-state index is 0.130. The number of hydrogen-bond donors (Lipinski definition) is 1. The molecule has 2 aromatic rings. The maximum atomic E-state index is 12.7. The van der Waals surface area contributed by atoms with Crippen molar-refractivity contribution in [2.45, 2.75) is 45.2 Å². The van der Waals surface area contributed by atoms with Crippen molar-refractivity contribution in [1.29, 1.82) is 0 Å². The highest BCUT2D eigenvalue weighted by Gasteiger charge is 2.37. The van der Waals surface area contributed by atoms with Crippen LogP contribution in [0.15, 0.2) is 36.4 Å². The summed E-state index contributed by atoms with van der Waals surface area (Å²) in [6.45, 7) is 4.44. The van der Waals surface area contributed by atoms with Crippen molar-refractivity contribution in [2.75, 3.05) is 13.7 Å². The molecule has 0 bridgehead atoms. The summed E-state index contributed by atoms with van der Waals surface area (Å²) in [5.74, 6) is 0.799. The highest BCUT2D eigenvalue weighted by molar-refractivity contribution is 5.95. The Bertz CT molecular complexity index is 889. The molecule has 1 atom stereocenters. The zero-order chi connectivity index (χ0) is 19.8. The average molecular weight is 378 g/mol. The molecule has 5 heteroatoms. The first-order chi connectivity index (χ1) is 13.5. The Hall–Kier alpha value is -2.82. The molecule has 1 N–H and O–H groups in total. The Morgan fingerprint density at radius 1 is 1.07 bits per heavy atom. The Balaban J connectivity index is 1.42. The highest BCUT2D eigenvalue weighted by atomic mass is 16.5. The van der Waals surface area contributed by atoms with Crippen LogP contribution in [-0.2, 0) is 17.6 Å². The molecule has 1 aliphatic carbocycles. The first-order valence-electron chi connectivity index (χ1n) is 9.78. The van der Waals surface area contributed by atoms with Gasteiger partial charge in [-0.25, -0.2) is 0 Å². The van der Waals surface area contributed by atoms with Crippen molar-refractivity contribution in [2.24, 2.45) is 0 Å². The van der Waals surface area contributed by atoms with Crippen molar-refractivity contribution in [3.05, 3.63) is 64.2 Å². The molecule has 146 valence electrons. The molecule has 0 aromatic heterocycles. The van der Waals surface area contributed by atoms with Gasteiger partial charge in [-0.15, -0.1) is 0 Å². The van der Waals surface area contributed by atoms with Crippen LogP contribution in [0.3, 0.4) is 0 Å². The molecule has 0 radical (unpaired) electrons. The van der Waals surface area contributed by atoms with Crippen LogP contribution in [0.2, 0.25) is 0 Å². The molecule has 0 saturated carbocycles. The van der Waals surface area contributed by atoms with Gasteiger partial charge in [-0.05, 0) is 61.1 Å². The Kier molecular flexibility index (Phi) is 4.84. The van der Waals surface area contributed by atoms with Crippen LogP contribution in [-0.4, -0.2) is 42.5 Å². The second-order valence-electron chi connectivity index (χ2n) is 7.89. The van der Waals surface area contributed by atoms with E-state index in [1.807, 2.05) is 30.9 Å². The third kappa shape index (κ3) is 3.37. The number of rotatable bonds is 4. The molecule has 1 fully saturated rings. The molecule has 0 unspecified atom stereocenters. The van der Waals surface area contributed by atoms with Gasteiger partial charge >= 0.3 is 0 Å². The Morgan fingerprint density at radius 3 is 2.25 bits per heavy atom. The maximum Gasteiger partial charge on any atom is 0.251 e. The Morgan fingerprint density at radius 2 is 1.68 bits per heavy atom. The molecule has 2 aliphatic rings. The fourth-order valence-electron chi connectivity index (χ4n) is 4.61. The van der Waals surface area contributed by atoms with Crippen molar-refractivity contribution >= 4 is 11.8 Å². The van der Waals surface area contributed by atoms with Crippen LogP contribution in [0.1, 0.15) is 39.0 Å². The summed E-state index contributed by atoms with van der Waals surface area (Å²) in [5.41, 5.74) is 5.13. The normalized spacial score (nSPS) is 19.0. The topological polar surface area (TPSA) is 58.6 Å². The molecule has 0 spiro atoms. The van der Waals surface area contributed by atoms with E-state index in [1.54, 1.807) is 7.11 Å². The number of benzene rings is 2. The van der Waals surface area contributed by atoms with Crippen molar-refractivity contribution < 1.29 is 14.3 Å². The fraction of sp³-hybridized carbons (Fsp3) is 0.391. The van der Waals surface area contributed by atoms with Gasteiger partial charge in [0, 0.05) is 24.6 Å². The number of nitrogens with zero attached hydrogens (tertiary/aromatic N) is 1. The van der Waals surface area contributed by atoms with Crippen molar-refractivity contribution in [3.8, 4) is 5.75 Å². The Labute approximate surface area is 165 Å². The van der Waals surface area contributed by atoms with Crippen LogP contribution < -0.4 is 10.1 Å². The van der Waals surface area contributed by atoms with Gasteiger partial charge in [0.25, 0.3) is 5.91 Å². The number of hydrogen-bond acceptors (Lipinski definition) is 3. The van der Waals surface area contributed by atoms with E-state index in [0.717, 1.165) is 29.7 Å². The molecule has 1 heterocycles. The SMILES string of the molecule is COc1c(C)cc(C(=O)N[C@H]2CC(=O)N(C3Cc4ccccc4C3)C2)cc1C. The minimum atomic E-state index is -0.147. The summed E-state index contributed by atoms with van der Waals surface area (Å²) >= 11 is 0. The van der Waals surface area contributed by atoms with E-state index in [-0.39, 0.29) is 23.9 Å². The molecule has 2 aromatic carbocycles. The van der Waals surface area contributed by atoms with Crippen LogP contribution in [0, 0.1) is 13.8 Å². The fourth-order valence-corrected chi connectivity index (χ4v) is 4.61. The van der Waals surface area contributed by atoms with Crippen LogP contribution in [0.25, 0.3) is 0 Å². The van der Waals surface area contributed by atoms with E-state index in [9.17, 15) is 9.59 Å². The van der Waals surface area contributed by atoms with Crippen LogP contribution in [0.4, 0.5) is 0 Å². The molecular weight excluding hydrogens is 352 g/mol. The lowest BCUT2D eigenvalue weighted by Crippen LogP contribution is -2.41. The molecule has 28 heavy (non-hydrogen) atoms. The largest absolute Gasteiger partial charge is 0.496 e. The highest BCUT2D eigenvalue weighted by Crippen LogP contribution is 2.29. The number of fused-ring (bicyclic) bond motifs is 1. The van der Waals surface area contributed by atoms with Gasteiger partial charge in [-0.3, -0.25) is 9.59 Å². The van der Waals surface area contributed by atoms with Crippen LogP contribution in [0.5, 0.6) is 5.75 Å². The lowest BCUT2D eigenvalue weighted by molar-refractivity contribution is -0.129. The van der Waals surface area contributed by atoms with Gasteiger partial charge in [0.15, 0.2) is 0 Å². The second kappa shape index (κ2) is 7.30. The zero-order valence-corrected chi connectivity index (χ0v) is 16.6. The van der Waals surface area contributed by atoms with Gasteiger partial charge in [0.2, 0.25) is 5.91 Å². The number of carbonyl (C=O) groups is 2. The van der Waals surface area contributed by atoms with E-state index in [4.69, 9.17) is 4.74 Å². The molecule has 4 rings (SSSR count). The van der Waals surface area contributed by atoms with Crippen molar-refractivity contribution in [1.82, 2.24) is 10.2 Å². The van der Waals surface area contributed by atoms with Gasteiger partial charge < -0.3 is 15.0 Å². The summed E-state index contributed by atoms with van der Waals surface area (Å²) < 4.78 is 5.37. The smallest absolute Gasteiger partial charge is 0.251 e. The predicted octanol–water partition coefficient (Wildman–Crippen LogP) is 2.81. The summed E-state index contributed by atoms with van der Waals surface area (Å²) in [5, 5.41) is 3.05. The van der Waals surface area contributed by atoms with E-state index >= 15 is 0 Å². The summed E-state index contributed by atoms with van der Waals surface area (Å²) in [7, 11) is 1.63. The van der Waals surface area contributed by atoms with Gasteiger partial charge in [0.05, 0.1) is 13.2 Å². The average Bonchev–Trinajstić information content (AvgIpc) is 3.24. The zero-order valence-electron chi connectivity index (χ0n) is 16.6. The molecule has 1 saturated heterocycles. The van der Waals surface area contributed by atoms with Gasteiger partial charge in [-0.2, -0.15) is 0 Å². The van der Waals surface area contributed by atoms with Gasteiger partial charge in [-0.1, -0.05) is 24.3 Å². The van der Waals surface area contributed by atoms with Crippen LogP contribution >= 0.6 is 0 Å². The lowest BCUT2D eigenvalue weighted by Gasteiger charge is -2.24. The minimum Gasteiger partial charge on any atom is -0.496 e. The number of methoxy groups -OCH3 is 1. The summed E-state index contributed by atoms with van der Waals surface area (Å²) in [4.78, 5) is 27.3. The van der Waals surface area contributed by atoms with Gasteiger partial charge in [0.1, 0.15) is 5.75 Å². The number of carbonyl (C=O) groups excluding carboxylic acids is 2. The monoisotopic (exact) mass is 378 g/mol. The van der Waals surface area contributed by atoms with E-state index < -0.39 is 0 Å². The van der Waals surface area contributed by atoms with Crippen molar-refractivity contribution in [3.63, 3.8) is 0 Å². The third-order valence-electron chi connectivity index (χ3n) is 5.89. The maximum absolute atomic E-state index is 12.7. The number of aryl methyl sites for hydroxylation is 2. The standard InChI is InChI=1S/C23H26N2O3/c1-14-8-18(9-15(2)22(14)28-3)23(27)24-19-12-21(26)25(13-19)20-10-16-6-4-5-7-17(16)11-20/h4-9,19-20H,10-13H2,1-3H3,(H,24,27)/t19-/m0/s1. The summed E-state index contributed by atoms with van der Waals surface area (Å²) in [6.07, 6.45) is 2.17. The lowest BCUT2D eigenvalue weighted by atomic mass is 10.0. The summed E-state index contributed by atoms with van der Waals surface area (Å²) in [6, 6.07) is 12.1. The molecule has 1 aliphatic heterocycles. The van der Waals surface area contributed by atoms with E-state index in [0.29, 0.717) is 18.5 Å². The molecule has 5 nitrogen and oxygen atoms in total. The first kappa shape index (κ1) is 18.5. The quantitative estimate of drug-likeness (QED) is 0.890. The molecule has 2 amide bonds. The number of likely N-dealkylation sites (tertiary alicyclic amines) is 1. The third-order valence-corrected chi connectivity index (χ3v) is 5.89. The first-order valence-corrected chi connectivity index (χ1v) is 9.78. The second-order valence-corrected chi connectivity index (χ2v) is 7.89. The number of ether oxygens (including phenoxy) is 1. The molecular formula is C23H26N2O3. The number of amides is 2. The van der Waals surface area contributed by atoms with E-state index in [1.165, 1.54) is 11.1 Å². The number of nitrogens with one attached hydrogen (secondary N) is 1.